The zero-order valence-corrected chi connectivity index (χ0v) is 17.9. The number of benzene rings is 2. The van der Waals surface area contributed by atoms with Gasteiger partial charge in [0.2, 0.25) is 5.91 Å². The molecule has 0 saturated carbocycles. The number of rotatable bonds is 9. The minimum absolute atomic E-state index is 0.00473. The topological polar surface area (TPSA) is 93.7 Å². The van der Waals surface area contributed by atoms with Crippen molar-refractivity contribution in [2.24, 2.45) is 0 Å². The number of halogens is 1. The van der Waals surface area contributed by atoms with E-state index in [0.29, 0.717) is 10.7 Å². The molecule has 0 aliphatic rings. The molecule has 0 saturated heterocycles. The highest BCUT2D eigenvalue weighted by Crippen LogP contribution is 2.22. The van der Waals surface area contributed by atoms with Crippen LogP contribution in [-0.4, -0.2) is 37.6 Å². The predicted molar refractivity (Wildman–Crippen MR) is 115 cm³/mol. The molecule has 160 valence electrons. The van der Waals surface area contributed by atoms with Crippen LogP contribution in [0.4, 0.5) is 5.69 Å². The van der Waals surface area contributed by atoms with Gasteiger partial charge in [-0.2, -0.15) is 0 Å². The van der Waals surface area contributed by atoms with Gasteiger partial charge in [-0.1, -0.05) is 29.8 Å². The second kappa shape index (κ2) is 11.3. The Labute approximate surface area is 180 Å². The number of carbonyl (C=O) groups is 3. The van der Waals surface area contributed by atoms with Crippen LogP contribution in [0.1, 0.15) is 53.1 Å². The fraction of sp³-hybridized carbons (Fsp3) is 0.318. The van der Waals surface area contributed by atoms with E-state index >= 15 is 0 Å². The number of carbonyl (C=O) groups excluding carboxylic acids is 3. The normalized spacial score (nSPS) is 11.5. The van der Waals surface area contributed by atoms with Gasteiger partial charge in [-0.3, -0.25) is 4.79 Å². The van der Waals surface area contributed by atoms with E-state index in [0.717, 1.165) is 5.56 Å². The van der Waals surface area contributed by atoms with Crippen LogP contribution in [0, 0.1) is 0 Å². The number of nitrogens with one attached hydrogen (secondary N) is 2. The summed E-state index contributed by atoms with van der Waals surface area (Å²) in [5.41, 5.74) is 1.46. The third kappa shape index (κ3) is 6.57. The van der Waals surface area contributed by atoms with E-state index in [1.54, 1.807) is 19.9 Å². The van der Waals surface area contributed by atoms with Gasteiger partial charge < -0.3 is 20.1 Å². The van der Waals surface area contributed by atoms with Gasteiger partial charge in [0.25, 0.3) is 0 Å². The van der Waals surface area contributed by atoms with Crippen LogP contribution < -0.4 is 10.6 Å². The van der Waals surface area contributed by atoms with Crippen molar-refractivity contribution in [1.29, 1.82) is 0 Å². The number of ether oxygens (including phenoxy) is 2. The molecule has 0 spiro atoms. The summed E-state index contributed by atoms with van der Waals surface area (Å²) in [6, 6.07) is 11.5. The summed E-state index contributed by atoms with van der Waals surface area (Å²) in [5.74, 6) is -1.53. The molecule has 30 heavy (non-hydrogen) atoms. The average molecular weight is 433 g/mol. The van der Waals surface area contributed by atoms with Gasteiger partial charge in [0, 0.05) is 16.8 Å². The fourth-order valence-electron chi connectivity index (χ4n) is 2.75. The fourth-order valence-corrected chi connectivity index (χ4v) is 3.05. The lowest BCUT2D eigenvalue weighted by molar-refractivity contribution is -0.115. The Hall–Kier alpha value is -2.90. The monoisotopic (exact) mass is 432 g/mol. The van der Waals surface area contributed by atoms with Crippen molar-refractivity contribution in [3.8, 4) is 0 Å². The first kappa shape index (κ1) is 23.4. The van der Waals surface area contributed by atoms with Gasteiger partial charge in [0.05, 0.1) is 30.9 Å². The van der Waals surface area contributed by atoms with Crippen LogP contribution in [0.3, 0.4) is 0 Å². The van der Waals surface area contributed by atoms with Crippen molar-refractivity contribution >= 4 is 35.1 Å². The number of esters is 2. The van der Waals surface area contributed by atoms with Crippen LogP contribution in [0.5, 0.6) is 0 Å². The molecule has 0 aliphatic carbocycles. The van der Waals surface area contributed by atoms with Crippen LogP contribution in [-0.2, 0) is 14.3 Å². The number of hydrogen-bond donors (Lipinski definition) is 2. The highest BCUT2D eigenvalue weighted by molar-refractivity contribution is 6.31. The Morgan fingerprint density at radius 3 is 2.07 bits per heavy atom. The third-order valence-electron chi connectivity index (χ3n) is 4.18. The number of amides is 1. The Morgan fingerprint density at radius 1 is 0.967 bits per heavy atom. The molecule has 8 heteroatoms. The minimum Gasteiger partial charge on any atom is -0.462 e. The van der Waals surface area contributed by atoms with Gasteiger partial charge >= 0.3 is 11.9 Å². The van der Waals surface area contributed by atoms with E-state index < -0.39 is 11.9 Å². The smallest absolute Gasteiger partial charge is 0.338 e. The lowest BCUT2D eigenvalue weighted by atomic mass is 10.1. The van der Waals surface area contributed by atoms with Crippen LogP contribution in [0.2, 0.25) is 5.02 Å². The van der Waals surface area contributed by atoms with Gasteiger partial charge in [-0.05, 0) is 50.6 Å². The van der Waals surface area contributed by atoms with E-state index in [-0.39, 0.29) is 42.8 Å². The van der Waals surface area contributed by atoms with Crippen molar-refractivity contribution in [1.82, 2.24) is 5.32 Å². The van der Waals surface area contributed by atoms with E-state index in [1.165, 1.54) is 18.2 Å². The molecule has 2 aromatic rings. The Morgan fingerprint density at radius 2 is 1.53 bits per heavy atom. The largest absolute Gasteiger partial charge is 0.462 e. The molecule has 0 heterocycles. The highest BCUT2D eigenvalue weighted by atomic mass is 35.5. The molecule has 0 unspecified atom stereocenters. The van der Waals surface area contributed by atoms with Crippen molar-refractivity contribution in [3.63, 3.8) is 0 Å². The second-order valence-electron chi connectivity index (χ2n) is 6.41. The second-order valence-corrected chi connectivity index (χ2v) is 6.82. The summed E-state index contributed by atoms with van der Waals surface area (Å²) >= 11 is 6.18. The quantitative estimate of drug-likeness (QED) is 0.582. The highest BCUT2D eigenvalue weighted by Gasteiger charge is 2.16. The zero-order valence-electron chi connectivity index (χ0n) is 17.2. The summed E-state index contributed by atoms with van der Waals surface area (Å²) in [4.78, 5) is 36.6. The average Bonchev–Trinajstić information content (AvgIpc) is 2.72. The van der Waals surface area contributed by atoms with E-state index in [1.807, 2.05) is 25.1 Å². The molecule has 2 aromatic carbocycles. The molecule has 7 nitrogen and oxygen atoms in total. The first-order valence-corrected chi connectivity index (χ1v) is 10.0. The molecule has 0 aliphatic heterocycles. The van der Waals surface area contributed by atoms with E-state index in [2.05, 4.69) is 10.6 Å². The Bertz CT molecular complexity index is 880. The molecular weight excluding hydrogens is 408 g/mol. The van der Waals surface area contributed by atoms with Crippen LogP contribution >= 0.6 is 11.6 Å². The first-order chi connectivity index (χ1) is 14.3. The van der Waals surface area contributed by atoms with Crippen molar-refractivity contribution in [3.05, 3.63) is 64.2 Å². The van der Waals surface area contributed by atoms with Gasteiger partial charge in [-0.25, -0.2) is 9.59 Å². The number of anilines is 1. The summed E-state index contributed by atoms with van der Waals surface area (Å²) in [7, 11) is 0. The number of hydrogen-bond acceptors (Lipinski definition) is 6. The standard InChI is InChI=1S/C22H25ClN2O5/c1-4-29-21(27)15-10-16(22(28)30-5-2)12-17(11-15)25-20(26)13-24-14(3)18-8-6-7-9-19(18)23/h6-12,14,24H,4-5,13H2,1-3H3,(H,25,26)/t14-/m0/s1. The Balaban J connectivity index is 2.11. The lowest BCUT2D eigenvalue weighted by Gasteiger charge is -2.16. The van der Waals surface area contributed by atoms with Crippen molar-refractivity contribution in [2.45, 2.75) is 26.8 Å². The summed E-state index contributed by atoms with van der Waals surface area (Å²) in [5, 5.41) is 6.39. The zero-order chi connectivity index (χ0) is 22.1. The van der Waals surface area contributed by atoms with Crippen LogP contribution in [0.15, 0.2) is 42.5 Å². The van der Waals surface area contributed by atoms with Crippen LogP contribution in [0.25, 0.3) is 0 Å². The van der Waals surface area contributed by atoms with E-state index in [4.69, 9.17) is 21.1 Å². The van der Waals surface area contributed by atoms with E-state index in [9.17, 15) is 14.4 Å². The molecule has 0 aromatic heterocycles. The predicted octanol–water partition coefficient (Wildman–Crippen LogP) is 3.98. The maximum absolute atomic E-state index is 12.4. The Kier molecular flexibility index (Phi) is 8.83. The molecule has 0 radical (unpaired) electrons. The maximum Gasteiger partial charge on any atom is 0.338 e. The van der Waals surface area contributed by atoms with Gasteiger partial charge in [0.15, 0.2) is 0 Å². The van der Waals surface area contributed by atoms with Gasteiger partial charge in [-0.15, -0.1) is 0 Å². The molecular formula is C22H25ClN2O5. The van der Waals surface area contributed by atoms with Crippen molar-refractivity contribution in [2.75, 3.05) is 25.1 Å². The first-order valence-electron chi connectivity index (χ1n) is 9.62. The molecule has 1 amide bonds. The summed E-state index contributed by atoms with van der Waals surface area (Å²) < 4.78 is 9.99. The molecule has 0 fully saturated rings. The lowest BCUT2D eigenvalue weighted by Crippen LogP contribution is -2.30. The molecule has 2 rings (SSSR count). The summed E-state index contributed by atoms with van der Waals surface area (Å²) in [6.07, 6.45) is 0. The van der Waals surface area contributed by atoms with Crippen molar-refractivity contribution < 1.29 is 23.9 Å². The third-order valence-corrected chi connectivity index (χ3v) is 4.52. The summed E-state index contributed by atoms with van der Waals surface area (Å²) in [6.45, 7) is 5.64. The minimum atomic E-state index is -0.593. The molecule has 1 atom stereocenters. The molecule has 0 bridgehead atoms. The van der Waals surface area contributed by atoms with Gasteiger partial charge in [0.1, 0.15) is 0 Å². The molecule has 2 N–H and O–H groups in total. The maximum atomic E-state index is 12.4. The SMILES string of the molecule is CCOC(=O)c1cc(NC(=O)CN[C@@H](C)c2ccccc2Cl)cc(C(=O)OCC)c1.